The number of aromatic nitrogens is 1. The first-order valence-electron chi connectivity index (χ1n) is 6.13. The SMILES string of the molecule is COc1cc([N+](=O)[O-])c2nc3ccccc3c(C)c2c1. The van der Waals surface area contributed by atoms with Crippen molar-refractivity contribution in [3.8, 4) is 5.75 Å². The number of benzene rings is 2. The molecule has 3 rings (SSSR count). The van der Waals surface area contributed by atoms with E-state index in [9.17, 15) is 10.1 Å². The van der Waals surface area contributed by atoms with Crippen LogP contribution in [0, 0.1) is 17.0 Å². The molecule has 3 aromatic rings. The average molecular weight is 268 g/mol. The molecular formula is C15H12N2O3. The summed E-state index contributed by atoms with van der Waals surface area (Å²) in [4.78, 5) is 15.3. The Hall–Kier alpha value is -2.69. The van der Waals surface area contributed by atoms with Crippen molar-refractivity contribution in [2.24, 2.45) is 0 Å². The highest BCUT2D eigenvalue weighted by molar-refractivity contribution is 6.01. The standard InChI is InChI=1S/C15H12N2O3/c1-9-11-5-3-4-6-13(11)16-15-12(9)7-10(20-2)8-14(15)17(18)19/h3-8H,1-2H3. The smallest absolute Gasteiger partial charge is 0.299 e. The topological polar surface area (TPSA) is 65.3 Å². The Labute approximate surface area is 115 Å². The lowest BCUT2D eigenvalue weighted by atomic mass is 10.0. The van der Waals surface area contributed by atoms with Gasteiger partial charge in [0.1, 0.15) is 11.3 Å². The summed E-state index contributed by atoms with van der Waals surface area (Å²) in [5, 5.41) is 13.0. The highest BCUT2D eigenvalue weighted by Crippen LogP contribution is 2.34. The fourth-order valence-electron chi connectivity index (χ4n) is 2.41. The normalized spacial score (nSPS) is 10.9. The van der Waals surface area contributed by atoms with Crippen LogP contribution in [0.3, 0.4) is 0 Å². The molecule has 0 spiro atoms. The highest BCUT2D eigenvalue weighted by Gasteiger charge is 2.18. The van der Waals surface area contributed by atoms with Gasteiger partial charge in [0, 0.05) is 10.8 Å². The summed E-state index contributed by atoms with van der Waals surface area (Å²) in [6, 6.07) is 10.8. The van der Waals surface area contributed by atoms with Crippen LogP contribution < -0.4 is 4.74 Å². The maximum atomic E-state index is 11.2. The number of methoxy groups -OCH3 is 1. The van der Waals surface area contributed by atoms with E-state index in [2.05, 4.69) is 4.98 Å². The molecule has 0 aliphatic carbocycles. The lowest BCUT2D eigenvalue weighted by Gasteiger charge is -2.09. The molecule has 5 heteroatoms. The van der Waals surface area contributed by atoms with Crippen LogP contribution in [0.1, 0.15) is 5.56 Å². The first kappa shape index (κ1) is 12.3. The van der Waals surface area contributed by atoms with Gasteiger partial charge in [0.05, 0.1) is 23.6 Å². The van der Waals surface area contributed by atoms with Gasteiger partial charge in [0.2, 0.25) is 0 Å². The van der Waals surface area contributed by atoms with E-state index < -0.39 is 4.92 Å². The second-order valence-corrected chi connectivity index (χ2v) is 4.55. The summed E-state index contributed by atoms with van der Waals surface area (Å²) in [6.45, 7) is 1.94. The Bertz CT molecular complexity index is 843. The van der Waals surface area contributed by atoms with E-state index in [0.717, 1.165) is 21.9 Å². The van der Waals surface area contributed by atoms with Gasteiger partial charge in [0.25, 0.3) is 5.69 Å². The van der Waals surface area contributed by atoms with Gasteiger partial charge in [-0.2, -0.15) is 0 Å². The van der Waals surface area contributed by atoms with Gasteiger partial charge in [-0.25, -0.2) is 4.98 Å². The lowest BCUT2D eigenvalue weighted by Crippen LogP contribution is -1.96. The minimum absolute atomic E-state index is 0.0341. The van der Waals surface area contributed by atoms with Crippen molar-refractivity contribution in [2.45, 2.75) is 6.92 Å². The molecule has 0 unspecified atom stereocenters. The molecule has 5 nitrogen and oxygen atoms in total. The van der Waals surface area contributed by atoms with Gasteiger partial charge in [-0.3, -0.25) is 10.1 Å². The van der Waals surface area contributed by atoms with E-state index >= 15 is 0 Å². The van der Waals surface area contributed by atoms with E-state index in [4.69, 9.17) is 4.74 Å². The third kappa shape index (κ3) is 1.75. The summed E-state index contributed by atoms with van der Waals surface area (Å²) >= 11 is 0. The first-order valence-corrected chi connectivity index (χ1v) is 6.13. The summed E-state index contributed by atoms with van der Waals surface area (Å²) < 4.78 is 5.15. The van der Waals surface area contributed by atoms with Crippen LogP contribution in [0.15, 0.2) is 36.4 Å². The summed E-state index contributed by atoms with van der Waals surface area (Å²) in [6.07, 6.45) is 0. The van der Waals surface area contributed by atoms with Gasteiger partial charge in [-0.15, -0.1) is 0 Å². The minimum atomic E-state index is -0.425. The Morgan fingerprint density at radius 3 is 2.65 bits per heavy atom. The number of nitro groups is 1. The Morgan fingerprint density at radius 1 is 1.20 bits per heavy atom. The molecule has 0 N–H and O–H groups in total. The number of nitrogens with zero attached hydrogens (tertiary/aromatic N) is 2. The Morgan fingerprint density at radius 2 is 1.95 bits per heavy atom. The molecule has 0 saturated heterocycles. The van der Waals surface area contributed by atoms with Crippen molar-refractivity contribution >= 4 is 27.5 Å². The molecule has 20 heavy (non-hydrogen) atoms. The van der Waals surface area contributed by atoms with Crippen molar-refractivity contribution in [1.29, 1.82) is 0 Å². The zero-order chi connectivity index (χ0) is 14.3. The molecule has 1 aromatic heterocycles. The molecule has 100 valence electrons. The number of rotatable bonds is 2. The molecule has 0 bridgehead atoms. The molecule has 0 saturated carbocycles. The fourth-order valence-corrected chi connectivity index (χ4v) is 2.41. The maximum Gasteiger partial charge on any atom is 0.299 e. The first-order chi connectivity index (χ1) is 9.61. The van der Waals surface area contributed by atoms with Gasteiger partial charge < -0.3 is 4.74 Å². The predicted octanol–water partition coefficient (Wildman–Crippen LogP) is 3.61. The molecule has 0 aliphatic heterocycles. The second kappa shape index (κ2) is 4.45. The number of hydrogen-bond donors (Lipinski definition) is 0. The maximum absolute atomic E-state index is 11.2. The van der Waals surface area contributed by atoms with Crippen LogP contribution >= 0.6 is 0 Å². The summed E-state index contributed by atoms with van der Waals surface area (Å²) in [5.41, 5.74) is 2.08. The van der Waals surface area contributed by atoms with Gasteiger partial charge >= 0.3 is 0 Å². The monoisotopic (exact) mass is 268 g/mol. The number of non-ortho nitro benzene ring substituents is 1. The molecule has 0 amide bonds. The number of aryl methyl sites for hydroxylation is 1. The second-order valence-electron chi connectivity index (χ2n) is 4.55. The van der Waals surface area contributed by atoms with E-state index in [-0.39, 0.29) is 5.69 Å². The molecule has 0 fully saturated rings. The van der Waals surface area contributed by atoms with Crippen molar-refractivity contribution in [2.75, 3.05) is 7.11 Å². The van der Waals surface area contributed by atoms with Crippen molar-refractivity contribution in [1.82, 2.24) is 4.98 Å². The molecule has 0 atom stereocenters. The fraction of sp³-hybridized carbons (Fsp3) is 0.133. The summed E-state index contributed by atoms with van der Waals surface area (Å²) in [5.74, 6) is 0.462. The van der Waals surface area contributed by atoms with Crippen LogP contribution in [0.2, 0.25) is 0 Å². The number of hydrogen-bond acceptors (Lipinski definition) is 4. The molecule has 1 heterocycles. The van der Waals surface area contributed by atoms with Gasteiger partial charge in [-0.1, -0.05) is 18.2 Å². The number of fused-ring (bicyclic) bond motifs is 2. The van der Waals surface area contributed by atoms with E-state index in [1.165, 1.54) is 13.2 Å². The van der Waals surface area contributed by atoms with E-state index in [1.54, 1.807) is 6.07 Å². The lowest BCUT2D eigenvalue weighted by molar-refractivity contribution is -0.383. The quantitative estimate of drug-likeness (QED) is 0.404. The zero-order valence-electron chi connectivity index (χ0n) is 11.1. The number of pyridine rings is 1. The third-order valence-corrected chi connectivity index (χ3v) is 3.44. The predicted molar refractivity (Wildman–Crippen MR) is 77.2 cm³/mol. The van der Waals surface area contributed by atoms with Crippen LogP contribution in [-0.2, 0) is 0 Å². The van der Waals surface area contributed by atoms with Crippen LogP contribution in [0.5, 0.6) is 5.75 Å². The van der Waals surface area contributed by atoms with Crippen LogP contribution in [0.4, 0.5) is 5.69 Å². The Balaban J connectivity index is 2.53. The molecular weight excluding hydrogens is 256 g/mol. The summed E-state index contributed by atoms with van der Waals surface area (Å²) in [7, 11) is 1.49. The van der Waals surface area contributed by atoms with Crippen LogP contribution in [-0.4, -0.2) is 17.0 Å². The number of para-hydroxylation sites is 1. The largest absolute Gasteiger partial charge is 0.496 e. The molecule has 0 radical (unpaired) electrons. The van der Waals surface area contributed by atoms with Gasteiger partial charge in [-0.05, 0) is 24.6 Å². The average Bonchev–Trinajstić information content (AvgIpc) is 2.46. The minimum Gasteiger partial charge on any atom is -0.496 e. The van der Waals surface area contributed by atoms with Crippen molar-refractivity contribution in [3.63, 3.8) is 0 Å². The van der Waals surface area contributed by atoms with Crippen LogP contribution in [0.25, 0.3) is 21.8 Å². The molecule has 2 aromatic carbocycles. The highest BCUT2D eigenvalue weighted by atomic mass is 16.6. The number of ether oxygens (including phenoxy) is 1. The van der Waals surface area contributed by atoms with E-state index in [0.29, 0.717) is 11.3 Å². The zero-order valence-corrected chi connectivity index (χ0v) is 11.1. The van der Waals surface area contributed by atoms with E-state index in [1.807, 2.05) is 31.2 Å². The number of nitro benzene ring substituents is 1. The molecule has 0 aliphatic rings. The van der Waals surface area contributed by atoms with Crippen molar-refractivity contribution in [3.05, 3.63) is 52.1 Å². The Kier molecular flexibility index (Phi) is 2.75. The third-order valence-electron chi connectivity index (χ3n) is 3.44. The van der Waals surface area contributed by atoms with Gasteiger partial charge in [0.15, 0.2) is 0 Å². The van der Waals surface area contributed by atoms with Crippen molar-refractivity contribution < 1.29 is 9.66 Å².